The molecule has 96 valence electrons. The van der Waals surface area contributed by atoms with E-state index in [0.29, 0.717) is 18.8 Å². The quantitative estimate of drug-likeness (QED) is 0.482. The molecule has 0 aromatic heterocycles. The van der Waals surface area contributed by atoms with Crippen molar-refractivity contribution >= 4 is 11.6 Å². The van der Waals surface area contributed by atoms with Gasteiger partial charge in [-0.05, 0) is 24.7 Å². The zero-order valence-corrected chi connectivity index (χ0v) is 10.5. The van der Waals surface area contributed by atoms with E-state index in [0.717, 1.165) is 0 Å². The van der Waals surface area contributed by atoms with Crippen molar-refractivity contribution in [3.05, 3.63) is 39.5 Å². The van der Waals surface area contributed by atoms with Gasteiger partial charge in [0, 0.05) is 24.1 Å². The van der Waals surface area contributed by atoms with Crippen LogP contribution in [0.15, 0.2) is 23.3 Å². The van der Waals surface area contributed by atoms with Crippen molar-refractivity contribution in [2.75, 3.05) is 20.1 Å². The normalized spacial score (nSPS) is 23.7. The van der Waals surface area contributed by atoms with E-state index in [-0.39, 0.29) is 17.2 Å². The lowest BCUT2D eigenvalue weighted by Crippen LogP contribution is -2.28. The third kappa shape index (κ3) is 2.85. The fraction of sp³-hybridized carbons (Fsp3) is 0.455. The molecule has 1 aliphatic rings. The first kappa shape index (κ1) is 13.0. The number of nitrogens with zero attached hydrogens (tertiary/aromatic N) is 4. The Kier molecular flexibility index (Phi) is 3.91. The highest BCUT2D eigenvalue weighted by molar-refractivity contribution is 6.30. The van der Waals surface area contributed by atoms with E-state index in [4.69, 9.17) is 21.9 Å². The van der Waals surface area contributed by atoms with Gasteiger partial charge in [-0.15, -0.1) is 0 Å². The number of rotatable bonds is 3. The summed E-state index contributed by atoms with van der Waals surface area (Å²) < 4.78 is 18.9. The van der Waals surface area contributed by atoms with Crippen LogP contribution in [0.1, 0.15) is 0 Å². The number of likely N-dealkylation sites (N-methyl/N-ethyl adjacent to an activating group) is 1. The van der Waals surface area contributed by atoms with Crippen LogP contribution in [0.3, 0.4) is 0 Å². The van der Waals surface area contributed by atoms with Crippen LogP contribution in [0.5, 0.6) is 5.75 Å². The molecule has 1 heterocycles. The van der Waals surface area contributed by atoms with E-state index in [2.05, 4.69) is 10.0 Å². The van der Waals surface area contributed by atoms with Crippen LogP contribution in [0.25, 0.3) is 10.4 Å². The van der Waals surface area contributed by atoms with Crippen molar-refractivity contribution in [3.63, 3.8) is 0 Å². The molecule has 1 aromatic rings. The number of ether oxygens (including phenoxy) is 1. The van der Waals surface area contributed by atoms with Crippen LogP contribution >= 0.6 is 11.6 Å². The lowest BCUT2D eigenvalue weighted by Gasteiger charge is -2.17. The van der Waals surface area contributed by atoms with Crippen molar-refractivity contribution in [1.82, 2.24) is 4.90 Å². The van der Waals surface area contributed by atoms with Crippen LogP contribution in [-0.2, 0) is 0 Å². The summed E-state index contributed by atoms with van der Waals surface area (Å²) in [5, 5.41) is 3.74. The van der Waals surface area contributed by atoms with Crippen LogP contribution in [-0.4, -0.2) is 37.2 Å². The standard InChI is InChI=1S/C11H12ClFN4O/c1-17-5-10(15-16-14)11(6-17)18-7-2-3-8(12)9(13)4-7/h2-4,10-11H,5-6H2,1H3. The highest BCUT2D eigenvalue weighted by atomic mass is 35.5. The monoisotopic (exact) mass is 270 g/mol. The fourth-order valence-electron chi connectivity index (χ4n) is 1.96. The van der Waals surface area contributed by atoms with Crippen molar-refractivity contribution < 1.29 is 9.13 Å². The summed E-state index contributed by atoms with van der Waals surface area (Å²) in [7, 11) is 1.91. The van der Waals surface area contributed by atoms with Gasteiger partial charge in [0.15, 0.2) is 0 Å². The lowest BCUT2D eigenvalue weighted by atomic mass is 10.2. The summed E-state index contributed by atoms with van der Waals surface area (Å²) in [6, 6.07) is 4.00. The Hall–Kier alpha value is -1.49. The van der Waals surface area contributed by atoms with Gasteiger partial charge in [0.2, 0.25) is 0 Å². The van der Waals surface area contributed by atoms with Gasteiger partial charge in [0.1, 0.15) is 17.7 Å². The summed E-state index contributed by atoms with van der Waals surface area (Å²) in [5.41, 5.74) is 8.48. The molecule has 0 spiro atoms. The van der Waals surface area contributed by atoms with E-state index in [9.17, 15) is 4.39 Å². The summed E-state index contributed by atoms with van der Waals surface area (Å²) in [4.78, 5) is 4.80. The molecular weight excluding hydrogens is 259 g/mol. The van der Waals surface area contributed by atoms with Gasteiger partial charge in [0.05, 0.1) is 11.1 Å². The van der Waals surface area contributed by atoms with Crippen LogP contribution in [0.2, 0.25) is 5.02 Å². The van der Waals surface area contributed by atoms with Gasteiger partial charge in [-0.1, -0.05) is 16.7 Å². The summed E-state index contributed by atoms with van der Waals surface area (Å²) in [6.45, 7) is 1.26. The Bertz CT molecular complexity index is 492. The lowest BCUT2D eigenvalue weighted by molar-refractivity contribution is 0.194. The van der Waals surface area contributed by atoms with Gasteiger partial charge < -0.3 is 9.64 Å². The van der Waals surface area contributed by atoms with Gasteiger partial charge in [-0.25, -0.2) is 4.39 Å². The van der Waals surface area contributed by atoms with Crippen molar-refractivity contribution in [1.29, 1.82) is 0 Å². The summed E-state index contributed by atoms with van der Waals surface area (Å²) in [6.07, 6.45) is -0.272. The summed E-state index contributed by atoms with van der Waals surface area (Å²) in [5.74, 6) is -0.142. The molecule has 0 amide bonds. The molecule has 5 nitrogen and oxygen atoms in total. The van der Waals surface area contributed by atoms with Crippen LogP contribution in [0, 0.1) is 5.82 Å². The Balaban J connectivity index is 2.12. The zero-order valence-electron chi connectivity index (χ0n) is 9.75. The predicted molar refractivity (Wildman–Crippen MR) is 66.3 cm³/mol. The number of hydrogen-bond acceptors (Lipinski definition) is 3. The molecule has 0 aliphatic carbocycles. The molecule has 2 atom stereocenters. The van der Waals surface area contributed by atoms with E-state index in [1.165, 1.54) is 12.1 Å². The van der Waals surface area contributed by atoms with Gasteiger partial charge in [-0.2, -0.15) is 0 Å². The van der Waals surface area contributed by atoms with E-state index < -0.39 is 5.82 Å². The molecule has 1 saturated heterocycles. The number of benzene rings is 1. The van der Waals surface area contributed by atoms with Crippen molar-refractivity contribution in [3.8, 4) is 5.75 Å². The zero-order chi connectivity index (χ0) is 13.1. The first-order valence-electron chi connectivity index (χ1n) is 5.44. The molecule has 1 aromatic carbocycles. The second-order valence-corrected chi connectivity index (χ2v) is 4.63. The average molecular weight is 271 g/mol. The topological polar surface area (TPSA) is 61.2 Å². The molecule has 7 heteroatoms. The Morgan fingerprint density at radius 3 is 3.00 bits per heavy atom. The predicted octanol–water partition coefficient (Wildman–Crippen LogP) is 2.85. The Labute approximate surface area is 109 Å². The highest BCUT2D eigenvalue weighted by Gasteiger charge is 2.31. The van der Waals surface area contributed by atoms with Crippen LogP contribution in [0.4, 0.5) is 4.39 Å². The highest BCUT2D eigenvalue weighted by Crippen LogP contribution is 2.24. The molecule has 0 saturated carbocycles. The van der Waals surface area contributed by atoms with Gasteiger partial charge in [-0.3, -0.25) is 0 Å². The first-order valence-corrected chi connectivity index (χ1v) is 5.82. The Morgan fingerprint density at radius 2 is 2.33 bits per heavy atom. The molecule has 1 fully saturated rings. The SMILES string of the molecule is CN1CC(N=[N+]=[N-])C(Oc2ccc(Cl)c(F)c2)C1. The van der Waals surface area contributed by atoms with Crippen LogP contribution < -0.4 is 4.74 Å². The minimum Gasteiger partial charge on any atom is -0.489 e. The van der Waals surface area contributed by atoms with E-state index in [1.807, 2.05) is 11.9 Å². The molecule has 18 heavy (non-hydrogen) atoms. The minimum atomic E-state index is -0.527. The Morgan fingerprint density at radius 1 is 1.56 bits per heavy atom. The molecular formula is C11H12ClFN4O. The van der Waals surface area contributed by atoms with E-state index in [1.54, 1.807) is 6.07 Å². The smallest absolute Gasteiger partial charge is 0.145 e. The summed E-state index contributed by atoms with van der Waals surface area (Å²) >= 11 is 5.59. The number of halogens is 2. The first-order chi connectivity index (χ1) is 8.60. The largest absolute Gasteiger partial charge is 0.489 e. The maximum atomic E-state index is 13.3. The van der Waals surface area contributed by atoms with Gasteiger partial charge in [0.25, 0.3) is 0 Å². The molecule has 0 N–H and O–H groups in total. The second kappa shape index (κ2) is 5.44. The molecule has 0 radical (unpaired) electrons. The number of azide groups is 1. The minimum absolute atomic E-state index is 0.0532. The third-order valence-corrected chi connectivity index (χ3v) is 3.10. The maximum Gasteiger partial charge on any atom is 0.145 e. The molecule has 2 unspecified atom stereocenters. The van der Waals surface area contributed by atoms with Gasteiger partial charge >= 0.3 is 0 Å². The van der Waals surface area contributed by atoms with Crippen molar-refractivity contribution in [2.24, 2.45) is 5.11 Å². The second-order valence-electron chi connectivity index (χ2n) is 4.23. The number of likely N-dealkylation sites (tertiary alicyclic amines) is 1. The van der Waals surface area contributed by atoms with Crippen molar-refractivity contribution in [2.45, 2.75) is 12.1 Å². The molecule has 0 bridgehead atoms. The molecule has 2 rings (SSSR count). The number of hydrogen-bond donors (Lipinski definition) is 0. The maximum absolute atomic E-state index is 13.3. The van der Waals surface area contributed by atoms with E-state index >= 15 is 0 Å². The average Bonchev–Trinajstić information content (AvgIpc) is 2.65. The molecule has 1 aliphatic heterocycles. The fourth-order valence-corrected chi connectivity index (χ4v) is 2.08. The third-order valence-electron chi connectivity index (χ3n) is 2.80.